The first-order valence-corrected chi connectivity index (χ1v) is 5.33. The quantitative estimate of drug-likeness (QED) is 0.792. The second-order valence-electron chi connectivity index (χ2n) is 3.95. The Hall–Kier alpha value is -1.05. The van der Waals surface area contributed by atoms with Gasteiger partial charge in [-0.2, -0.15) is 0 Å². The van der Waals surface area contributed by atoms with Crippen LogP contribution in [0.5, 0.6) is 0 Å². The highest BCUT2D eigenvalue weighted by atomic mass is 14.9. The molecule has 1 rings (SSSR count). The minimum absolute atomic E-state index is 0.503. The van der Waals surface area contributed by atoms with Crippen molar-refractivity contribution in [3.05, 3.63) is 24.0 Å². The van der Waals surface area contributed by atoms with E-state index in [1.54, 1.807) is 0 Å². The molecular weight excluding hydrogens is 172 g/mol. The molecule has 0 aliphatic rings. The standard InChI is InChI=1S/C12H20N2/c1-5-9(2)10(3)14-12-7-6-8-13-11(12)4/h6-10,14H,5H2,1-4H3/t9-,10+/m1/s1. The van der Waals surface area contributed by atoms with E-state index in [4.69, 9.17) is 0 Å². The maximum atomic E-state index is 4.25. The Morgan fingerprint density at radius 2 is 2.14 bits per heavy atom. The largest absolute Gasteiger partial charge is 0.381 e. The van der Waals surface area contributed by atoms with Gasteiger partial charge in [-0.3, -0.25) is 4.98 Å². The van der Waals surface area contributed by atoms with E-state index in [0.29, 0.717) is 12.0 Å². The highest BCUT2D eigenvalue weighted by Crippen LogP contribution is 2.16. The van der Waals surface area contributed by atoms with Crippen LogP contribution in [0.1, 0.15) is 32.9 Å². The zero-order valence-corrected chi connectivity index (χ0v) is 9.54. The molecule has 1 heterocycles. The molecule has 0 saturated heterocycles. The molecule has 2 heteroatoms. The van der Waals surface area contributed by atoms with E-state index in [0.717, 1.165) is 11.4 Å². The molecule has 1 N–H and O–H groups in total. The molecule has 0 aliphatic carbocycles. The third kappa shape index (κ3) is 2.72. The van der Waals surface area contributed by atoms with Gasteiger partial charge in [-0.05, 0) is 31.9 Å². The Kier molecular flexibility index (Phi) is 3.93. The number of aromatic nitrogens is 1. The van der Waals surface area contributed by atoms with Crippen LogP contribution < -0.4 is 5.32 Å². The summed E-state index contributed by atoms with van der Waals surface area (Å²) < 4.78 is 0. The number of pyridine rings is 1. The molecule has 0 saturated carbocycles. The van der Waals surface area contributed by atoms with Crippen molar-refractivity contribution in [1.29, 1.82) is 0 Å². The lowest BCUT2D eigenvalue weighted by Crippen LogP contribution is -2.23. The van der Waals surface area contributed by atoms with Gasteiger partial charge in [0.25, 0.3) is 0 Å². The Morgan fingerprint density at radius 3 is 2.71 bits per heavy atom. The summed E-state index contributed by atoms with van der Waals surface area (Å²) in [4.78, 5) is 4.25. The molecule has 0 aromatic carbocycles. The topological polar surface area (TPSA) is 24.9 Å². The van der Waals surface area contributed by atoms with Crippen LogP contribution in [-0.2, 0) is 0 Å². The molecule has 0 aliphatic heterocycles. The molecule has 1 aromatic heterocycles. The van der Waals surface area contributed by atoms with Gasteiger partial charge in [0, 0.05) is 12.2 Å². The van der Waals surface area contributed by atoms with Crippen molar-refractivity contribution in [3.8, 4) is 0 Å². The first-order chi connectivity index (χ1) is 6.65. The molecule has 0 spiro atoms. The summed E-state index contributed by atoms with van der Waals surface area (Å²) in [5.41, 5.74) is 2.22. The fourth-order valence-electron chi connectivity index (χ4n) is 1.38. The predicted molar refractivity (Wildman–Crippen MR) is 61.5 cm³/mol. The van der Waals surface area contributed by atoms with E-state index >= 15 is 0 Å². The van der Waals surface area contributed by atoms with E-state index < -0.39 is 0 Å². The van der Waals surface area contributed by atoms with Gasteiger partial charge >= 0.3 is 0 Å². The van der Waals surface area contributed by atoms with Crippen LogP contribution in [0, 0.1) is 12.8 Å². The minimum Gasteiger partial charge on any atom is -0.381 e. The zero-order chi connectivity index (χ0) is 10.6. The van der Waals surface area contributed by atoms with Crippen molar-refractivity contribution < 1.29 is 0 Å². The number of anilines is 1. The Labute approximate surface area is 86.8 Å². The van der Waals surface area contributed by atoms with Crippen molar-refractivity contribution >= 4 is 5.69 Å². The van der Waals surface area contributed by atoms with Crippen LogP contribution >= 0.6 is 0 Å². The molecule has 0 unspecified atom stereocenters. The summed E-state index contributed by atoms with van der Waals surface area (Å²) in [6, 6.07) is 4.56. The molecule has 2 atom stereocenters. The highest BCUT2D eigenvalue weighted by molar-refractivity contribution is 5.47. The first kappa shape index (κ1) is 11.0. The van der Waals surface area contributed by atoms with Gasteiger partial charge in [-0.15, -0.1) is 0 Å². The van der Waals surface area contributed by atoms with Crippen LogP contribution in [0.4, 0.5) is 5.69 Å². The number of rotatable bonds is 4. The lowest BCUT2D eigenvalue weighted by atomic mass is 10.0. The van der Waals surface area contributed by atoms with Crippen LogP contribution in [0.2, 0.25) is 0 Å². The van der Waals surface area contributed by atoms with Crippen molar-refractivity contribution in [2.24, 2.45) is 5.92 Å². The second-order valence-corrected chi connectivity index (χ2v) is 3.95. The summed E-state index contributed by atoms with van der Waals surface area (Å²) in [6.07, 6.45) is 3.03. The monoisotopic (exact) mass is 192 g/mol. The Morgan fingerprint density at radius 1 is 1.43 bits per heavy atom. The summed E-state index contributed by atoms with van der Waals surface area (Å²) in [6.45, 7) is 8.74. The average Bonchev–Trinajstić information content (AvgIpc) is 2.20. The van der Waals surface area contributed by atoms with Gasteiger partial charge in [0.05, 0.1) is 11.4 Å². The number of hydrogen-bond donors (Lipinski definition) is 1. The van der Waals surface area contributed by atoms with Gasteiger partial charge in [0.2, 0.25) is 0 Å². The predicted octanol–water partition coefficient (Wildman–Crippen LogP) is 3.24. The molecular formula is C12H20N2. The number of aryl methyl sites for hydroxylation is 1. The summed E-state index contributed by atoms with van der Waals surface area (Å²) in [7, 11) is 0. The van der Waals surface area contributed by atoms with Gasteiger partial charge in [-0.25, -0.2) is 0 Å². The molecule has 0 bridgehead atoms. The Balaban J connectivity index is 2.64. The van der Waals surface area contributed by atoms with Crippen LogP contribution in [0.25, 0.3) is 0 Å². The summed E-state index contributed by atoms with van der Waals surface area (Å²) >= 11 is 0. The minimum atomic E-state index is 0.503. The molecule has 2 nitrogen and oxygen atoms in total. The molecule has 78 valence electrons. The first-order valence-electron chi connectivity index (χ1n) is 5.33. The van der Waals surface area contributed by atoms with Crippen LogP contribution in [0.3, 0.4) is 0 Å². The Bertz CT molecular complexity index is 283. The van der Waals surface area contributed by atoms with Crippen LogP contribution in [-0.4, -0.2) is 11.0 Å². The molecule has 1 aromatic rings. The highest BCUT2D eigenvalue weighted by Gasteiger charge is 2.10. The van der Waals surface area contributed by atoms with Gasteiger partial charge in [0.15, 0.2) is 0 Å². The molecule has 0 amide bonds. The van der Waals surface area contributed by atoms with E-state index in [1.807, 2.05) is 19.2 Å². The SMILES string of the molecule is CC[C@@H](C)[C@H](C)Nc1cccnc1C. The van der Waals surface area contributed by atoms with Crippen molar-refractivity contribution in [1.82, 2.24) is 4.98 Å². The number of hydrogen-bond acceptors (Lipinski definition) is 2. The summed E-state index contributed by atoms with van der Waals surface area (Å²) in [5, 5.41) is 3.50. The fourth-order valence-corrected chi connectivity index (χ4v) is 1.38. The third-order valence-corrected chi connectivity index (χ3v) is 2.89. The van der Waals surface area contributed by atoms with Gasteiger partial charge in [-0.1, -0.05) is 20.3 Å². The van der Waals surface area contributed by atoms with Crippen molar-refractivity contribution in [2.75, 3.05) is 5.32 Å². The van der Waals surface area contributed by atoms with Gasteiger partial charge < -0.3 is 5.32 Å². The maximum absolute atomic E-state index is 4.25. The zero-order valence-electron chi connectivity index (χ0n) is 9.54. The van der Waals surface area contributed by atoms with Crippen molar-refractivity contribution in [2.45, 2.75) is 40.2 Å². The lowest BCUT2D eigenvalue weighted by Gasteiger charge is -2.21. The second kappa shape index (κ2) is 4.99. The van der Waals surface area contributed by atoms with E-state index in [-0.39, 0.29) is 0 Å². The van der Waals surface area contributed by atoms with E-state index in [1.165, 1.54) is 6.42 Å². The van der Waals surface area contributed by atoms with E-state index in [9.17, 15) is 0 Å². The number of nitrogens with one attached hydrogen (secondary N) is 1. The van der Waals surface area contributed by atoms with Crippen LogP contribution in [0.15, 0.2) is 18.3 Å². The molecule has 0 fully saturated rings. The molecule has 0 radical (unpaired) electrons. The smallest absolute Gasteiger partial charge is 0.0603 e. The lowest BCUT2D eigenvalue weighted by molar-refractivity contribution is 0.494. The maximum Gasteiger partial charge on any atom is 0.0603 e. The third-order valence-electron chi connectivity index (χ3n) is 2.89. The molecule has 14 heavy (non-hydrogen) atoms. The van der Waals surface area contributed by atoms with Crippen molar-refractivity contribution in [3.63, 3.8) is 0 Å². The van der Waals surface area contributed by atoms with Gasteiger partial charge in [0.1, 0.15) is 0 Å². The average molecular weight is 192 g/mol. The van der Waals surface area contributed by atoms with E-state index in [2.05, 4.69) is 37.1 Å². The fraction of sp³-hybridized carbons (Fsp3) is 0.583. The normalized spacial score (nSPS) is 14.9. The summed E-state index contributed by atoms with van der Waals surface area (Å²) in [5.74, 6) is 0.689. The number of nitrogens with zero attached hydrogens (tertiary/aromatic N) is 1.